The van der Waals surface area contributed by atoms with Crippen LogP contribution in [0, 0.1) is 28.6 Å². The summed E-state index contributed by atoms with van der Waals surface area (Å²) in [5.74, 6) is 6.91. The van der Waals surface area contributed by atoms with Gasteiger partial charge in [-0.1, -0.05) is 156 Å². The number of esters is 2. The van der Waals surface area contributed by atoms with E-state index in [1.54, 1.807) is 0 Å². The van der Waals surface area contributed by atoms with Gasteiger partial charge in [-0.15, -0.1) is 0 Å². The van der Waals surface area contributed by atoms with Gasteiger partial charge in [0.2, 0.25) is 0 Å². The van der Waals surface area contributed by atoms with Crippen LogP contribution in [0.3, 0.4) is 0 Å². The summed E-state index contributed by atoms with van der Waals surface area (Å²) in [4.78, 5) is 27.7. The number of unbranched alkanes of at least 4 members (excludes halogenated alkanes) is 12. The summed E-state index contributed by atoms with van der Waals surface area (Å²) in [5.41, 5.74) is -0.103. The lowest BCUT2D eigenvalue weighted by molar-refractivity contribution is -0.153. The van der Waals surface area contributed by atoms with Crippen molar-refractivity contribution in [1.82, 2.24) is 4.90 Å². The van der Waals surface area contributed by atoms with Crippen LogP contribution in [0.5, 0.6) is 0 Å². The molecule has 1 atom stereocenters. The molecule has 0 aliphatic carbocycles. The first-order chi connectivity index (χ1) is 24.9. The zero-order valence-electron chi connectivity index (χ0n) is 36.4. The Hall–Kier alpha value is -1.54. The van der Waals surface area contributed by atoms with Gasteiger partial charge in [-0.25, -0.2) is 0 Å². The highest BCUT2D eigenvalue weighted by Gasteiger charge is 2.28. The van der Waals surface area contributed by atoms with E-state index in [0.29, 0.717) is 11.8 Å². The second kappa shape index (κ2) is 32.9. The monoisotopic (exact) mass is 732 g/mol. The third-order valence-corrected chi connectivity index (χ3v) is 11.0. The lowest BCUT2D eigenvalue weighted by Crippen LogP contribution is -2.26. The molecule has 0 aromatic rings. The first-order valence-electron chi connectivity index (χ1n) is 22.3. The van der Waals surface area contributed by atoms with Crippen LogP contribution in [0.1, 0.15) is 228 Å². The summed E-state index contributed by atoms with van der Waals surface area (Å²) in [7, 11) is 4.08. The molecule has 0 saturated heterocycles. The molecule has 1 unspecified atom stereocenters. The van der Waals surface area contributed by atoms with Gasteiger partial charge in [-0.3, -0.25) is 9.59 Å². The van der Waals surface area contributed by atoms with Crippen LogP contribution in [0.25, 0.3) is 0 Å². The fourth-order valence-electron chi connectivity index (χ4n) is 7.23. The maximum atomic E-state index is 12.9. The van der Waals surface area contributed by atoms with Crippen LogP contribution in [0.4, 0.5) is 0 Å². The lowest BCUT2D eigenvalue weighted by atomic mass is 9.81. The van der Waals surface area contributed by atoms with E-state index in [0.717, 1.165) is 76.7 Å². The van der Waals surface area contributed by atoms with Crippen LogP contribution in [-0.2, 0) is 19.1 Å². The van der Waals surface area contributed by atoms with E-state index in [4.69, 9.17) is 9.47 Å². The minimum Gasteiger partial charge on any atom is -0.462 e. The summed E-state index contributed by atoms with van der Waals surface area (Å²) in [6, 6.07) is 0. The second-order valence-corrected chi connectivity index (χ2v) is 17.8. The molecule has 5 nitrogen and oxygen atoms in total. The normalized spacial score (nSPS) is 12.6. The van der Waals surface area contributed by atoms with Gasteiger partial charge < -0.3 is 14.4 Å². The Morgan fingerprint density at radius 3 is 1.67 bits per heavy atom. The van der Waals surface area contributed by atoms with Crippen molar-refractivity contribution in [2.75, 3.05) is 27.2 Å². The summed E-state index contributed by atoms with van der Waals surface area (Å²) in [5, 5.41) is 0. The molecule has 0 spiro atoms. The first-order valence-corrected chi connectivity index (χ1v) is 22.3. The molecule has 0 N–H and O–H groups in total. The number of hydrogen-bond acceptors (Lipinski definition) is 5. The Balaban J connectivity index is 4.58. The molecule has 0 aromatic heterocycles. The molecule has 0 fully saturated rings. The molecule has 0 saturated carbocycles. The van der Waals surface area contributed by atoms with E-state index in [1.165, 1.54) is 109 Å². The number of hydrogen-bond donors (Lipinski definition) is 0. The highest BCUT2D eigenvalue weighted by atomic mass is 16.5. The van der Waals surface area contributed by atoms with Crippen molar-refractivity contribution in [3.8, 4) is 11.8 Å². The van der Waals surface area contributed by atoms with Crippen molar-refractivity contribution in [3.63, 3.8) is 0 Å². The Morgan fingerprint density at radius 1 is 0.596 bits per heavy atom. The van der Waals surface area contributed by atoms with E-state index in [2.05, 4.69) is 51.4 Å². The first kappa shape index (κ1) is 50.5. The van der Waals surface area contributed by atoms with E-state index >= 15 is 0 Å². The SMILES string of the molecule is CCCCCCCCCC(C)(C)CCCCCC(CCCCCC(C)(C)C(=O)OCC#CCCC(CCCC)CCCC)OC(=O)CCCN(C)C. The molecule has 0 aromatic carbocycles. The van der Waals surface area contributed by atoms with Crippen molar-refractivity contribution in [1.29, 1.82) is 0 Å². The zero-order valence-corrected chi connectivity index (χ0v) is 36.4. The largest absolute Gasteiger partial charge is 0.462 e. The minimum atomic E-state index is -0.520. The highest BCUT2D eigenvalue weighted by Crippen LogP contribution is 2.31. The van der Waals surface area contributed by atoms with Crippen molar-refractivity contribution in [2.24, 2.45) is 16.7 Å². The molecule has 0 rings (SSSR count). The van der Waals surface area contributed by atoms with Gasteiger partial charge in [0, 0.05) is 12.8 Å². The molecule has 5 heteroatoms. The van der Waals surface area contributed by atoms with Gasteiger partial charge >= 0.3 is 11.9 Å². The average Bonchev–Trinajstić information content (AvgIpc) is 3.09. The van der Waals surface area contributed by atoms with Crippen LogP contribution >= 0.6 is 0 Å². The Labute approximate surface area is 325 Å². The third kappa shape index (κ3) is 30.9. The predicted molar refractivity (Wildman–Crippen MR) is 225 cm³/mol. The molecule has 0 radical (unpaired) electrons. The van der Waals surface area contributed by atoms with Crippen LogP contribution in [0.2, 0.25) is 0 Å². The number of ether oxygens (including phenoxy) is 2. The van der Waals surface area contributed by atoms with Crippen molar-refractivity contribution in [2.45, 2.75) is 234 Å². The number of rotatable bonds is 35. The molecule has 0 bridgehead atoms. The zero-order chi connectivity index (χ0) is 38.9. The fourth-order valence-corrected chi connectivity index (χ4v) is 7.23. The van der Waals surface area contributed by atoms with Gasteiger partial charge in [0.15, 0.2) is 6.61 Å². The van der Waals surface area contributed by atoms with Crippen molar-refractivity contribution >= 4 is 11.9 Å². The summed E-state index contributed by atoms with van der Waals surface area (Å²) in [6.07, 6.45) is 32.6. The van der Waals surface area contributed by atoms with E-state index < -0.39 is 5.41 Å². The maximum absolute atomic E-state index is 12.9. The van der Waals surface area contributed by atoms with E-state index in [9.17, 15) is 9.59 Å². The van der Waals surface area contributed by atoms with Crippen molar-refractivity contribution < 1.29 is 19.1 Å². The van der Waals surface area contributed by atoms with Gasteiger partial charge in [0.25, 0.3) is 0 Å². The van der Waals surface area contributed by atoms with Crippen LogP contribution < -0.4 is 0 Å². The third-order valence-electron chi connectivity index (χ3n) is 11.0. The molecular formula is C47H89NO4. The lowest BCUT2D eigenvalue weighted by Gasteiger charge is -2.25. The molecular weight excluding hydrogens is 643 g/mol. The van der Waals surface area contributed by atoms with E-state index in [1.807, 2.05) is 27.9 Å². The van der Waals surface area contributed by atoms with Gasteiger partial charge in [0.1, 0.15) is 6.10 Å². The maximum Gasteiger partial charge on any atom is 0.312 e. The summed E-state index contributed by atoms with van der Waals surface area (Å²) < 4.78 is 11.6. The highest BCUT2D eigenvalue weighted by molar-refractivity contribution is 5.76. The molecule has 0 aliphatic heterocycles. The van der Waals surface area contributed by atoms with Gasteiger partial charge in [-0.05, 0) is 104 Å². The second-order valence-electron chi connectivity index (χ2n) is 17.8. The van der Waals surface area contributed by atoms with Crippen molar-refractivity contribution in [3.05, 3.63) is 0 Å². The molecule has 52 heavy (non-hydrogen) atoms. The smallest absolute Gasteiger partial charge is 0.312 e. The summed E-state index contributed by atoms with van der Waals surface area (Å²) in [6.45, 7) is 16.8. The number of carbonyl (C=O) groups is 2. The quantitative estimate of drug-likeness (QED) is 0.0369. The Morgan fingerprint density at radius 2 is 1.12 bits per heavy atom. The van der Waals surface area contributed by atoms with Gasteiger partial charge in [0.05, 0.1) is 5.41 Å². The van der Waals surface area contributed by atoms with E-state index in [-0.39, 0.29) is 24.6 Å². The Bertz CT molecular complexity index is 906. The summed E-state index contributed by atoms with van der Waals surface area (Å²) >= 11 is 0. The fraction of sp³-hybridized carbons (Fsp3) is 0.915. The van der Waals surface area contributed by atoms with Gasteiger partial charge in [-0.2, -0.15) is 0 Å². The molecule has 0 heterocycles. The molecule has 306 valence electrons. The average molecular weight is 732 g/mol. The Kier molecular flexibility index (Phi) is 31.9. The van der Waals surface area contributed by atoms with Crippen LogP contribution in [0.15, 0.2) is 0 Å². The molecule has 0 aliphatic rings. The number of carbonyl (C=O) groups excluding carboxylic acids is 2. The number of nitrogens with zero attached hydrogens (tertiary/aromatic N) is 1. The predicted octanol–water partition coefficient (Wildman–Crippen LogP) is 13.7. The van der Waals surface area contributed by atoms with Crippen LogP contribution in [-0.4, -0.2) is 50.2 Å². The standard InChI is InChI=1S/C47H89NO4/c1-10-13-16-17-18-19-26-37-46(4,5)38-27-20-24-34-43(52-44(49)36-30-40-48(8)9)35-25-21-28-39-47(6,7)45(50)51-41-29-22-23-33-42(31-14-11-2)32-15-12-3/h42-43H,10-21,23-28,30-41H2,1-9H3. The minimum absolute atomic E-state index is 0.00214. The topological polar surface area (TPSA) is 55.8 Å². The molecule has 0 amide bonds.